The molecule has 1 aliphatic heterocycles. The number of ether oxygens (including phenoxy) is 1. The minimum atomic E-state index is -0.223. The molecule has 3 aromatic rings. The fourth-order valence-electron chi connectivity index (χ4n) is 3.01. The van der Waals surface area contributed by atoms with Gasteiger partial charge in [-0.15, -0.1) is 0 Å². The van der Waals surface area contributed by atoms with E-state index in [1.54, 1.807) is 0 Å². The molecular weight excluding hydrogens is 368 g/mol. The summed E-state index contributed by atoms with van der Waals surface area (Å²) in [5.74, 6) is -0.173. The number of imidazole rings is 1. The van der Waals surface area contributed by atoms with Gasteiger partial charge in [-0.2, -0.15) is 0 Å². The van der Waals surface area contributed by atoms with E-state index in [9.17, 15) is 4.79 Å². The van der Waals surface area contributed by atoms with Crippen LogP contribution in [0.4, 0.5) is 0 Å². The van der Waals surface area contributed by atoms with Gasteiger partial charge < -0.3 is 4.74 Å². The maximum absolute atomic E-state index is 11.9. The van der Waals surface area contributed by atoms with Crippen LogP contribution in [0.3, 0.4) is 0 Å². The average molecular weight is 385 g/mol. The summed E-state index contributed by atoms with van der Waals surface area (Å²) in [5.41, 5.74) is 3.95. The van der Waals surface area contributed by atoms with Crippen molar-refractivity contribution in [2.24, 2.45) is 0 Å². The Morgan fingerprint density at radius 1 is 1.19 bits per heavy atom. The number of aromatic nitrogens is 2. The van der Waals surface area contributed by atoms with Gasteiger partial charge in [0.15, 0.2) is 5.16 Å². The van der Waals surface area contributed by atoms with Crippen molar-refractivity contribution in [3.05, 3.63) is 65.3 Å². The predicted molar refractivity (Wildman–Crippen MR) is 104 cm³/mol. The molecule has 1 aromatic heterocycles. The summed E-state index contributed by atoms with van der Waals surface area (Å²) in [5, 5.41) is 1.24. The molecular formula is C20H17ClN2O2S. The van der Waals surface area contributed by atoms with Crippen LogP contribution in [-0.2, 0) is 9.53 Å². The highest BCUT2D eigenvalue weighted by atomic mass is 35.5. The molecule has 0 bridgehead atoms. The fraction of sp³-hybridized carbons (Fsp3) is 0.200. The molecule has 1 saturated heterocycles. The number of rotatable bonds is 4. The molecule has 0 spiro atoms. The molecule has 0 aliphatic carbocycles. The first kappa shape index (κ1) is 17.2. The van der Waals surface area contributed by atoms with Crippen molar-refractivity contribution < 1.29 is 9.53 Å². The first-order chi connectivity index (χ1) is 12.6. The second-order valence-electron chi connectivity index (χ2n) is 6.07. The highest BCUT2D eigenvalue weighted by Crippen LogP contribution is 2.36. The largest absolute Gasteiger partial charge is 0.465 e. The minimum absolute atomic E-state index is 0.173. The Hall–Kier alpha value is -2.24. The molecule has 0 N–H and O–H groups in total. The van der Waals surface area contributed by atoms with Crippen molar-refractivity contribution >= 4 is 29.3 Å². The molecule has 2 heterocycles. The minimum Gasteiger partial charge on any atom is -0.465 e. The number of benzene rings is 2. The molecule has 2 aromatic carbocycles. The van der Waals surface area contributed by atoms with Gasteiger partial charge in [-0.05, 0) is 24.6 Å². The summed E-state index contributed by atoms with van der Waals surface area (Å²) >= 11 is 7.81. The Morgan fingerprint density at radius 2 is 2.00 bits per heavy atom. The molecule has 0 radical (unpaired) electrons. The quantitative estimate of drug-likeness (QED) is 0.599. The second kappa shape index (κ2) is 7.17. The smallest absolute Gasteiger partial charge is 0.319 e. The third-order valence-electron chi connectivity index (χ3n) is 4.41. The number of hydrogen-bond acceptors (Lipinski definition) is 4. The lowest BCUT2D eigenvalue weighted by atomic mass is 10.1. The molecule has 1 aliphatic rings. The molecule has 1 atom stereocenters. The van der Waals surface area contributed by atoms with E-state index in [1.165, 1.54) is 11.8 Å². The zero-order chi connectivity index (χ0) is 18.1. The van der Waals surface area contributed by atoms with Crippen molar-refractivity contribution in [2.75, 3.05) is 6.61 Å². The van der Waals surface area contributed by atoms with Gasteiger partial charge in [0, 0.05) is 17.0 Å². The van der Waals surface area contributed by atoms with Crippen LogP contribution in [0.2, 0.25) is 5.02 Å². The molecule has 0 saturated carbocycles. The number of esters is 1. The molecule has 1 fully saturated rings. The van der Waals surface area contributed by atoms with E-state index < -0.39 is 0 Å². The Bertz CT molecular complexity index is 956. The van der Waals surface area contributed by atoms with Crippen LogP contribution in [0.25, 0.3) is 16.9 Å². The molecule has 1 unspecified atom stereocenters. The van der Waals surface area contributed by atoms with Crippen LogP contribution >= 0.6 is 23.4 Å². The summed E-state index contributed by atoms with van der Waals surface area (Å²) in [6.07, 6.45) is 2.55. The SMILES string of the molecule is Cc1c(Cl)cccc1-n1c(-c2ccccc2)cnc1SC1CCOC1=O. The fourth-order valence-corrected chi connectivity index (χ4v) is 4.23. The highest BCUT2D eigenvalue weighted by Gasteiger charge is 2.30. The van der Waals surface area contributed by atoms with E-state index in [-0.39, 0.29) is 11.2 Å². The maximum Gasteiger partial charge on any atom is 0.319 e. The first-order valence-corrected chi connectivity index (χ1v) is 9.63. The van der Waals surface area contributed by atoms with Gasteiger partial charge in [0.25, 0.3) is 0 Å². The normalized spacial score (nSPS) is 16.7. The number of hydrogen-bond donors (Lipinski definition) is 0. The number of thioether (sulfide) groups is 1. The van der Waals surface area contributed by atoms with Crippen LogP contribution in [0.15, 0.2) is 59.9 Å². The standard InChI is InChI=1S/C20H17ClN2O2S/c1-13-15(21)8-5-9-16(13)23-17(14-6-3-2-4-7-14)12-22-20(23)26-18-10-11-25-19(18)24/h2-9,12,18H,10-11H2,1H3. The third-order valence-corrected chi connectivity index (χ3v) is 6.03. The average Bonchev–Trinajstić information content (AvgIpc) is 3.25. The lowest BCUT2D eigenvalue weighted by Gasteiger charge is -2.16. The predicted octanol–water partition coefficient (Wildman–Crippen LogP) is 4.91. The van der Waals surface area contributed by atoms with Crippen molar-refractivity contribution in [2.45, 2.75) is 23.8 Å². The topological polar surface area (TPSA) is 44.1 Å². The number of carbonyl (C=O) groups is 1. The maximum atomic E-state index is 11.9. The van der Waals surface area contributed by atoms with E-state index in [1.807, 2.05) is 61.7 Å². The summed E-state index contributed by atoms with van der Waals surface area (Å²) < 4.78 is 7.18. The Morgan fingerprint density at radius 3 is 2.73 bits per heavy atom. The molecule has 6 heteroatoms. The molecule has 4 nitrogen and oxygen atoms in total. The number of cyclic esters (lactones) is 1. The number of halogens is 1. The zero-order valence-corrected chi connectivity index (χ0v) is 15.8. The van der Waals surface area contributed by atoms with Crippen molar-refractivity contribution in [3.63, 3.8) is 0 Å². The molecule has 4 rings (SSSR count). The number of carbonyl (C=O) groups excluding carboxylic acids is 1. The van der Waals surface area contributed by atoms with E-state index in [0.717, 1.165) is 27.7 Å². The Kier molecular flexibility index (Phi) is 4.74. The van der Waals surface area contributed by atoms with Gasteiger partial charge in [-0.3, -0.25) is 9.36 Å². The highest BCUT2D eigenvalue weighted by molar-refractivity contribution is 8.00. The van der Waals surface area contributed by atoms with Crippen LogP contribution in [0.5, 0.6) is 0 Å². The van der Waals surface area contributed by atoms with E-state index in [4.69, 9.17) is 16.3 Å². The lowest BCUT2D eigenvalue weighted by molar-refractivity contribution is -0.137. The summed E-state index contributed by atoms with van der Waals surface area (Å²) in [6.45, 7) is 2.46. The summed E-state index contributed by atoms with van der Waals surface area (Å²) in [4.78, 5) is 16.5. The number of nitrogens with zero attached hydrogens (tertiary/aromatic N) is 2. The Labute approximate surface area is 161 Å². The van der Waals surface area contributed by atoms with Gasteiger partial charge in [-0.1, -0.05) is 59.8 Å². The Balaban J connectivity index is 1.86. The van der Waals surface area contributed by atoms with E-state index in [0.29, 0.717) is 18.1 Å². The van der Waals surface area contributed by atoms with Gasteiger partial charge in [-0.25, -0.2) is 4.98 Å². The first-order valence-electron chi connectivity index (χ1n) is 8.37. The third kappa shape index (κ3) is 3.13. The van der Waals surface area contributed by atoms with Gasteiger partial charge in [0.2, 0.25) is 0 Å². The van der Waals surface area contributed by atoms with Gasteiger partial charge in [0.1, 0.15) is 5.25 Å². The van der Waals surface area contributed by atoms with Crippen LogP contribution in [-0.4, -0.2) is 27.4 Å². The lowest BCUT2D eigenvalue weighted by Crippen LogP contribution is -2.11. The van der Waals surface area contributed by atoms with Crippen LogP contribution in [0.1, 0.15) is 12.0 Å². The van der Waals surface area contributed by atoms with Crippen LogP contribution < -0.4 is 0 Å². The second-order valence-corrected chi connectivity index (χ2v) is 7.65. The molecule has 132 valence electrons. The summed E-state index contributed by atoms with van der Waals surface area (Å²) in [7, 11) is 0. The van der Waals surface area contributed by atoms with E-state index >= 15 is 0 Å². The monoisotopic (exact) mass is 384 g/mol. The van der Waals surface area contributed by atoms with Gasteiger partial charge in [0.05, 0.1) is 24.2 Å². The van der Waals surface area contributed by atoms with Gasteiger partial charge >= 0.3 is 5.97 Å². The molecule has 26 heavy (non-hydrogen) atoms. The zero-order valence-electron chi connectivity index (χ0n) is 14.2. The van der Waals surface area contributed by atoms with E-state index in [2.05, 4.69) is 9.55 Å². The van der Waals surface area contributed by atoms with Crippen molar-refractivity contribution in [1.82, 2.24) is 9.55 Å². The van der Waals surface area contributed by atoms with Crippen molar-refractivity contribution in [1.29, 1.82) is 0 Å². The van der Waals surface area contributed by atoms with Crippen molar-refractivity contribution in [3.8, 4) is 16.9 Å². The van der Waals surface area contributed by atoms with Crippen LogP contribution in [0, 0.1) is 6.92 Å². The summed E-state index contributed by atoms with van der Waals surface area (Å²) in [6, 6.07) is 15.9. The molecule has 0 amide bonds.